The number of alkyl halides is 3. The number of aryl methyl sites for hydroxylation is 1. The Labute approximate surface area is 240 Å². The minimum atomic E-state index is -4.78. The molecule has 2 N–H and O–H groups in total. The van der Waals surface area contributed by atoms with Gasteiger partial charge in [0.15, 0.2) is 0 Å². The van der Waals surface area contributed by atoms with Gasteiger partial charge in [-0.3, -0.25) is 14.4 Å². The predicted molar refractivity (Wildman–Crippen MR) is 144 cm³/mol. The molecule has 3 amide bonds. The van der Waals surface area contributed by atoms with Crippen LogP contribution in [0.4, 0.5) is 23.2 Å². The lowest BCUT2D eigenvalue weighted by Gasteiger charge is -2.44. The van der Waals surface area contributed by atoms with Gasteiger partial charge in [-0.15, -0.1) is 0 Å². The average molecular weight is 593 g/mol. The Balaban J connectivity index is 1.52. The van der Waals surface area contributed by atoms with Gasteiger partial charge >= 0.3 is 12.1 Å². The van der Waals surface area contributed by atoms with Gasteiger partial charge in [-0.2, -0.15) is 13.2 Å². The van der Waals surface area contributed by atoms with Crippen LogP contribution in [0.1, 0.15) is 58.5 Å². The van der Waals surface area contributed by atoms with E-state index in [1.807, 2.05) is 4.90 Å². The molecule has 13 heteroatoms. The molecule has 2 aliphatic heterocycles. The SMILES string of the molecule is Cc1cc(N2CN(C)C(=O)C23CCN(C(=O)C(NC(=O)c2cc(C(F)(F)F)ccc2F)C(C)C)CC3)ccc1C(=O)O. The third kappa shape index (κ3) is 5.64. The number of carbonyl (C=O) groups is 4. The van der Waals surface area contributed by atoms with Gasteiger partial charge in [0.1, 0.15) is 17.4 Å². The third-order valence-electron chi connectivity index (χ3n) is 8.03. The fraction of sp³-hybridized carbons (Fsp3) is 0.448. The van der Waals surface area contributed by atoms with E-state index in [0.717, 1.165) is 0 Å². The van der Waals surface area contributed by atoms with Gasteiger partial charge in [-0.25, -0.2) is 9.18 Å². The Morgan fingerprint density at radius 2 is 1.67 bits per heavy atom. The van der Waals surface area contributed by atoms with E-state index in [2.05, 4.69) is 5.32 Å². The normalized spacial score (nSPS) is 17.6. The standard InChI is InChI=1S/C29H32F4N4O5/c1-16(2)23(34-24(38)21-14-18(29(31,32)33)5-8-22(21)30)25(39)36-11-9-28(10-12-36)27(42)35(4)15-37(28)19-6-7-20(26(40)41)17(3)13-19/h5-8,13-14,16,23H,9-12,15H2,1-4H3,(H,34,38)(H,40,41). The van der Waals surface area contributed by atoms with E-state index >= 15 is 0 Å². The molecule has 1 atom stereocenters. The van der Waals surface area contributed by atoms with Crippen LogP contribution in [-0.2, 0) is 15.8 Å². The van der Waals surface area contributed by atoms with Gasteiger partial charge in [-0.1, -0.05) is 13.8 Å². The van der Waals surface area contributed by atoms with Gasteiger partial charge in [0.25, 0.3) is 5.91 Å². The Morgan fingerprint density at radius 1 is 1.02 bits per heavy atom. The minimum absolute atomic E-state index is 0.136. The summed E-state index contributed by atoms with van der Waals surface area (Å²) in [5.74, 6) is -4.45. The van der Waals surface area contributed by atoms with Crippen molar-refractivity contribution in [2.45, 2.75) is 51.4 Å². The molecular weight excluding hydrogens is 560 g/mol. The van der Waals surface area contributed by atoms with Crippen LogP contribution in [0.3, 0.4) is 0 Å². The maximum absolute atomic E-state index is 14.3. The van der Waals surface area contributed by atoms with Crippen LogP contribution in [0, 0.1) is 18.7 Å². The molecule has 2 fully saturated rings. The van der Waals surface area contributed by atoms with E-state index in [4.69, 9.17) is 0 Å². The van der Waals surface area contributed by atoms with Crippen molar-refractivity contribution in [3.05, 3.63) is 64.5 Å². The van der Waals surface area contributed by atoms with Crippen LogP contribution >= 0.6 is 0 Å². The number of carboxylic acid groups (broad SMARTS) is 1. The number of hydrogen-bond donors (Lipinski definition) is 2. The van der Waals surface area contributed by atoms with Gasteiger partial charge in [-0.05, 0) is 67.6 Å². The fourth-order valence-electron chi connectivity index (χ4n) is 5.65. The van der Waals surface area contributed by atoms with Crippen LogP contribution in [-0.4, -0.2) is 77.0 Å². The van der Waals surface area contributed by atoms with Crippen molar-refractivity contribution in [3.63, 3.8) is 0 Å². The quantitative estimate of drug-likeness (QED) is 0.493. The molecule has 4 rings (SSSR count). The van der Waals surface area contributed by atoms with E-state index in [0.29, 0.717) is 29.4 Å². The largest absolute Gasteiger partial charge is 0.478 e. The Hall–Kier alpha value is -4.16. The van der Waals surface area contributed by atoms with Crippen molar-refractivity contribution in [2.24, 2.45) is 5.92 Å². The van der Waals surface area contributed by atoms with Crippen molar-refractivity contribution >= 4 is 29.4 Å². The molecule has 0 aromatic heterocycles. The lowest BCUT2D eigenvalue weighted by molar-refractivity contribution is -0.139. The zero-order chi connectivity index (χ0) is 31.1. The molecule has 1 unspecified atom stereocenters. The number of hydrogen-bond acceptors (Lipinski definition) is 5. The summed E-state index contributed by atoms with van der Waals surface area (Å²) in [7, 11) is 1.66. The number of aromatic carboxylic acids is 1. The molecule has 2 aliphatic rings. The summed E-state index contributed by atoms with van der Waals surface area (Å²) in [6, 6.07) is 5.22. The number of amides is 3. The number of likely N-dealkylation sites (tertiary alicyclic amines) is 1. The molecule has 0 radical (unpaired) electrons. The number of benzene rings is 2. The van der Waals surface area contributed by atoms with Crippen molar-refractivity contribution in [1.82, 2.24) is 15.1 Å². The maximum Gasteiger partial charge on any atom is 0.416 e. The number of piperidine rings is 1. The van der Waals surface area contributed by atoms with Crippen molar-refractivity contribution in [3.8, 4) is 0 Å². The van der Waals surface area contributed by atoms with Gasteiger partial charge in [0, 0.05) is 25.8 Å². The number of anilines is 1. The first-order valence-corrected chi connectivity index (χ1v) is 13.4. The summed E-state index contributed by atoms with van der Waals surface area (Å²) in [6.07, 6.45) is -4.28. The van der Waals surface area contributed by atoms with Crippen molar-refractivity contribution in [2.75, 3.05) is 31.7 Å². The van der Waals surface area contributed by atoms with Gasteiger partial charge in [0.2, 0.25) is 11.8 Å². The second kappa shape index (κ2) is 11.3. The Kier molecular flexibility index (Phi) is 8.25. The van der Waals surface area contributed by atoms with Crippen molar-refractivity contribution < 1.29 is 41.8 Å². The number of carbonyl (C=O) groups excluding carboxylic acids is 3. The zero-order valence-electron chi connectivity index (χ0n) is 23.6. The smallest absolute Gasteiger partial charge is 0.416 e. The minimum Gasteiger partial charge on any atom is -0.478 e. The Morgan fingerprint density at radius 3 is 2.21 bits per heavy atom. The number of nitrogens with one attached hydrogen (secondary N) is 1. The number of rotatable bonds is 6. The van der Waals surface area contributed by atoms with E-state index < -0.39 is 58.4 Å². The summed E-state index contributed by atoms with van der Waals surface area (Å²) in [5, 5.41) is 11.8. The van der Waals surface area contributed by atoms with Crippen LogP contribution in [0.5, 0.6) is 0 Å². The molecule has 9 nitrogen and oxygen atoms in total. The molecular formula is C29H32F4N4O5. The van der Waals surface area contributed by atoms with E-state index in [1.165, 1.54) is 11.0 Å². The Bertz CT molecular complexity index is 1420. The van der Waals surface area contributed by atoms with Crippen LogP contribution in [0.25, 0.3) is 0 Å². The van der Waals surface area contributed by atoms with E-state index in [-0.39, 0.29) is 44.1 Å². The highest BCUT2D eigenvalue weighted by molar-refractivity contribution is 5.98. The highest BCUT2D eigenvalue weighted by Gasteiger charge is 2.53. The summed E-state index contributed by atoms with van der Waals surface area (Å²) in [4.78, 5) is 56.2. The van der Waals surface area contributed by atoms with E-state index in [1.54, 1.807) is 44.9 Å². The first-order chi connectivity index (χ1) is 19.6. The number of likely N-dealkylation sites (N-methyl/N-ethyl adjacent to an activating group) is 1. The highest BCUT2D eigenvalue weighted by atomic mass is 19.4. The van der Waals surface area contributed by atoms with E-state index in [9.17, 15) is 41.8 Å². The summed E-state index contributed by atoms with van der Waals surface area (Å²) < 4.78 is 53.7. The predicted octanol–water partition coefficient (Wildman–Crippen LogP) is 3.90. The maximum atomic E-state index is 14.3. The lowest BCUT2D eigenvalue weighted by Crippen LogP contribution is -2.60. The molecule has 0 bridgehead atoms. The molecule has 2 saturated heterocycles. The molecule has 226 valence electrons. The number of nitrogens with zero attached hydrogens (tertiary/aromatic N) is 3. The highest BCUT2D eigenvalue weighted by Crippen LogP contribution is 2.40. The molecule has 0 aliphatic carbocycles. The monoisotopic (exact) mass is 592 g/mol. The second-order valence-electron chi connectivity index (χ2n) is 11.1. The lowest BCUT2D eigenvalue weighted by atomic mass is 9.84. The molecule has 1 spiro atoms. The topological polar surface area (TPSA) is 110 Å². The zero-order valence-corrected chi connectivity index (χ0v) is 23.6. The fourth-order valence-corrected chi connectivity index (χ4v) is 5.65. The number of halogens is 4. The molecule has 42 heavy (non-hydrogen) atoms. The van der Waals surface area contributed by atoms with Crippen LogP contribution < -0.4 is 10.2 Å². The van der Waals surface area contributed by atoms with Gasteiger partial charge < -0.3 is 25.1 Å². The summed E-state index contributed by atoms with van der Waals surface area (Å²) in [5.41, 5.74) is -1.62. The first-order valence-electron chi connectivity index (χ1n) is 13.4. The van der Waals surface area contributed by atoms with Crippen LogP contribution in [0.15, 0.2) is 36.4 Å². The number of carboxylic acids is 1. The molecule has 2 aromatic carbocycles. The van der Waals surface area contributed by atoms with Crippen molar-refractivity contribution in [1.29, 1.82) is 0 Å². The average Bonchev–Trinajstić information content (AvgIpc) is 3.15. The van der Waals surface area contributed by atoms with Gasteiger partial charge in [0.05, 0.1) is 23.4 Å². The first kappa shape index (κ1) is 30.8. The molecule has 0 saturated carbocycles. The second-order valence-corrected chi connectivity index (χ2v) is 11.1. The van der Waals surface area contributed by atoms with Crippen LogP contribution in [0.2, 0.25) is 0 Å². The third-order valence-corrected chi connectivity index (χ3v) is 8.03. The summed E-state index contributed by atoms with van der Waals surface area (Å²) >= 11 is 0. The molecule has 2 heterocycles. The summed E-state index contributed by atoms with van der Waals surface area (Å²) in [6.45, 7) is 5.55. The molecule has 2 aromatic rings.